The van der Waals surface area contributed by atoms with Crippen molar-refractivity contribution in [2.45, 2.75) is 26.8 Å². The van der Waals surface area contributed by atoms with E-state index in [0.717, 1.165) is 0 Å². The quantitative estimate of drug-likeness (QED) is 0.589. The van der Waals surface area contributed by atoms with Crippen molar-refractivity contribution in [3.63, 3.8) is 0 Å². The van der Waals surface area contributed by atoms with E-state index in [-0.39, 0.29) is 5.92 Å². The molecular weight excluding hydrogens is 128 g/mol. The molecule has 3 heteroatoms. The summed E-state index contributed by atoms with van der Waals surface area (Å²) < 4.78 is 0. The predicted octanol–water partition coefficient (Wildman–Crippen LogP) is 0.0911. The molecule has 2 atom stereocenters. The zero-order valence-electron chi connectivity index (χ0n) is 6.79. The Morgan fingerprint density at radius 1 is 1.30 bits per heavy atom. The molecule has 0 spiro atoms. The van der Waals surface area contributed by atoms with Gasteiger partial charge in [-0.1, -0.05) is 20.8 Å². The van der Waals surface area contributed by atoms with Gasteiger partial charge in [0, 0.05) is 0 Å². The largest absolute Gasteiger partial charge is 0.368 e. The van der Waals surface area contributed by atoms with Crippen LogP contribution in [0, 0.1) is 11.8 Å². The fraction of sp³-hybridized carbons (Fsp3) is 0.857. The molecule has 0 aliphatic heterocycles. The van der Waals surface area contributed by atoms with Crippen molar-refractivity contribution in [1.82, 2.24) is 0 Å². The Hall–Kier alpha value is -0.570. The normalized spacial score (nSPS) is 16.9. The Labute approximate surface area is 61.8 Å². The summed E-state index contributed by atoms with van der Waals surface area (Å²) in [6.07, 6.45) is 0. The van der Waals surface area contributed by atoms with Crippen molar-refractivity contribution < 1.29 is 4.79 Å². The molecule has 3 nitrogen and oxygen atoms in total. The first-order valence-corrected chi connectivity index (χ1v) is 3.51. The molecule has 0 aliphatic carbocycles. The molecule has 1 amide bonds. The highest BCUT2D eigenvalue weighted by Crippen LogP contribution is 2.11. The lowest BCUT2D eigenvalue weighted by molar-refractivity contribution is -0.120. The van der Waals surface area contributed by atoms with E-state index in [1.165, 1.54) is 0 Å². The Morgan fingerprint density at radius 2 is 1.70 bits per heavy atom. The molecule has 0 aromatic rings. The van der Waals surface area contributed by atoms with Crippen LogP contribution in [0.1, 0.15) is 20.8 Å². The maximum Gasteiger partial charge on any atom is 0.234 e. The van der Waals surface area contributed by atoms with Gasteiger partial charge in [-0.25, -0.2) is 0 Å². The maximum atomic E-state index is 10.5. The lowest BCUT2D eigenvalue weighted by Crippen LogP contribution is -2.43. The molecular formula is C7H16N2O. The fourth-order valence-corrected chi connectivity index (χ4v) is 0.674. The smallest absolute Gasteiger partial charge is 0.234 e. The summed E-state index contributed by atoms with van der Waals surface area (Å²) in [5.74, 6) is 0.154. The minimum atomic E-state index is -0.500. The van der Waals surface area contributed by atoms with E-state index >= 15 is 0 Å². The highest BCUT2D eigenvalue weighted by molar-refractivity contribution is 5.79. The van der Waals surface area contributed by atoms with Crippen LogP contribution in [0.2, 0.25) is 0 Å². The molecule has 0 bridgehead atoms. The number of carbonyl (C=O) groups excluding carboxylic acids is 1. The van der Waals surface area contributed by atoms with Gasteiger partial charge in [0.15, 0.2) is 0 Å². The molecule has 0 aliphatic rings. The Morgan fingerprint density at radius 3 is 1.80 bits per heavy atom. The average molecular weight is 144 g/mol. The van der Waals surface area contributed by atoms with E-state index < -0.39 is 11.9 Å². The molecule has 0 rings (SSSR count). The summed E-state index contributed by atoms with van der Waals surface area (Å²) in [7, 11) is 0. The second kappa shape index (κ2) is 3.56. The summed E-state index contributed by atoms with van der Waals surface area (Å²) in [5.41, 5.74) is 10.5. The van der Waals surface area contributed by atoms with Gasteiger partial charge in [-0.2, -0.15) is 0 Å². The van der Waals surface area contributed by atoms with Crippen molar-refractivity contribution in [1.29, 1.82) is 0 Å². The molecule has 0 saturated heterocycles. The van der Waals surface area contributed by atoms with Gasteiger partial charge in [0.1, 0.15) is 0 Å². The van der Waals surface area contributed by atoms with Gasteiger partial charge in [0.25, 0.3) is 0 Å². The van der Waals surface area contributed by atoms with Crippen molar-refractivity contribution in [3.8, 4) is 0 Å². The topological polar surface area (TPSA) is 69.1 Å². The molecule has 0 heterocycles. The zero-order chi connectivity index (χ0) is 8.31. The van der Waals surface area contributed by atoms with Crippen LogP contribution in [0.5, 0.6) is 0 Å². The number of hydrogen-bond acceptors (Lipinski definition) is 2. The van der Waals surface area contributed by atoms with Crippen molar-refractivity contribution in [2.24, 2.45) is 23.3 Å². The molecule has 60 valence electrons. The first-order chi connectivity index (χ1) is 4.46. The molecule has 0 aromatic heterocycles. The Balaban J connectivity index is 3.94. The van der Waals surface area contributed by atoms with Crippen LogP contribution in [0.15, 0.2) is 0 Å². The van der Waals surface area contributed by atoms with Crippen LogP contribution < -0.4 is 11.5 Å². The molecule has 0 radical (unpaired) electrons. The highest BCUT2D eigenvalue weighted by Gasteiger charge is 2.20. The molecule has 4 N–H and O–H groups in total. The summed E-state index contributed by atoms with van der Waals surface area (Å²) >= 11 is 0. The van der Waals surface area contributed by atoms with E-state index in [0.29, 0.717) is 5.92 Å². The molecule has 0 saturated carbocycles. The number of amides is 1. The van der Waals surface area contributed by atoms with Crippen LogP contribution in [-0.4, -0.2) is 11.9 Å². The van der Waals surface area contributed by atoms with Gasteiger partial charge < -0.3 is 11.5 Å². The zero-order valence-corrected chi connectivity index (χ0v) is 6.79. The van der Waals surface area contributed by atoms with Gasteiger partial charge >= 0.3 is 0 Å². The highest BCUT2D eigenvalue weighted by atomic mass is 16.1. The van der Waals surface area contributed by atoms with Crippen LogP contribution in [-0.2, 0) is 4.79 Å². The maximum absolute atomic E-state index is 10.5. The molecule has 0 fully saturated rings. The minimum Gasteiger partial charge on any atom is -0.368 e. The third kappa shape index (κ3) is 2.35. The van der Waals surface area contributed by atoms with E-state index in [9.17, 15) is 4.79 Å². The van der Waals surface area contributed by atoms with Crippen LogP contribution >= 0.6 is 0 Å². The van der Waals surface area contributed by atoms with E-state index in [1.54, 1.807) is 0 Å². The molecule has 0 aromatic carbocycles. The average Bonchev–Trinajstić information content (AvgIpc) is 1.84. The Bertz CT molecular complexity index is 123. The summed E-state index contributed by atoms with van der Waals surface area (Å²) in [4.78, 5) is 10.5. The Kier molecular flexibility index (Phi) is 3.36. The number of nitrogens with two attached hydrogens (primary N) is 2. The first-order valence-electron chi connectivity index (χ1n) is 3.51. The molecule has 2 unspecified atom stereocenters. The van der Waals surface area contributed by atoms with Crippen molar-refractivity contribution in [3.05, 3.63) is 0 Å². The molecule has 10 heavy (non-hydrogen) atoms. The number of rotatable bonds is 3. The monoisotopic (exact) mass is 144 g/mol. The van der Waals surface area contributed by atoms with Crippen LogP contribution in [0.4, 0.5) is 0 Å². The fourth-order valence-electron chi connectivity index (χ4n) is 0.674. The third-order valence-electron chi connectivity index (χ3n) is 1.95. The number of carbonyl (C=O) groups is 1. The van der Waals surface area contributed by atoms with E-state index in [1.807, 2.05) is 20.8 Å². The minimum absolute atomic E-state index is 0.164. The first kappa shape index (κ1) is 9.43. The second-order valence-electron chi connectivity index (χ2n) is 3.03. The predicted molar refractivity (Wildman–Crippen MR) is 41.2 cm³/mol. The SMILES string of the molecule is CC(C)C(C)C(N)C(N)=O. The summed E-state index contributed by atoms with van der Waals surface area (Å²) in [5, 5.41) is 0. The van der Waals surface area contributed by atoms with Crippen molar-refractivity contribution in [2.75, 3.05) is 0 Å². The summed E-state index contributed by atoms with van der Waals surface area (Å²) in [6, 6.07) is -0.500. The lowest BCUT2D eigenvalue weighted by atomic mass is 9.91. The van der Waals surface area contributed by atoms with Gasteiger partial charge in [-0.3, -0.25) is 4.79 Å². The summed E-state index contributed by atoms with van der Waals surface area (Å²) in [6.45, 7) is 5.97. The second-order valence-corrected chi connectivity index (χ2v) is 3.03. The van der Waals surface area contributed by atoms with Crippen molar-refractivity contribution >= 4 is 5.91 Å². The van der Waals surface area contributed by atoms with Gasteiger partial charge in [0.2, 0.25) is 5.91 Å². The van der Waals surface area contributed by atoms with Crippen LogP contribution in [0.3, 0.4) is 0 Å². The number of primary amides is 1. The van der Waals surface area contributed by atoms with Gasteiger partial charge in [-0.05, 0) is 11.8 Å². The van der Waals surface area contributed by atoms with E-state index in [2.05, 4.69) is 0 Å². The lowest BCUT2D eigenvalue weighted by Gasteiger charge is -2.19. The van der Waals surface area contributed by atoms with Crippen LogP contribution in [0.25, 0.3) is 0 Å². The number of hydrogen-bond donors (Lipinski definition) is 2. The standard InChI is InChI=1S/C7H16N2O/c1-4(2)5(3)6(8)7(9)10/h4-6H,8H2,1-3H3,(H2,9,10). The third-order valence-corrected chi connectivity index (χ3v) is 1.95. The van der Waals surface area contributed by atoms with Gasteiger partial charge in [-0.15, -0.1) is 0 Å². The van der Waals surface area contributed by atoms with Gasteiger partial charge in [0.05, 0.1) is 6.04 Å². The van der Waals surface area contributed by atoms with E-state index in [4.69, 9.17) is 11.5 Å².